The third kappa shape index (κ3) is 4.37. The second kappa shape index (κ2) is 8.81. The van der Waals surface area contributed by atoms with Gasteiger partial charge in [-0.1, -0.05) is 20.8 Å². The highest BCUT2D eigenvalue weighted by atomic mass is 32.2. The smallest absolute Gasteiger partial charge is 0.425 e. The number of ether oxygens (including phenoxy) is 3. The molecular formula is C24H40N4O9SSi. The molecule has 1 aromatic heterocycles. The summed E-state index contributed by atoms with van der Waals surface area (Å²) >= 11 is 0. The first-order valence-corrected chi connectivity index (χ1v) is 17.3. The van der Waals surface area contributed by atoms with Crippen molar-refractivity contribution in [3.63, 3.8) is 0 Å². The number of hydrogen-bond donors (Lipinski definition) is 1. The molecule has 39 heavy (non-hydrogen) atoms. The molecule has 0 bridgehead atoms. The molecule has 4 rings (SSSR count). The lowest BCUT2D eigenvalue weighted by atomic mass is 9.81. The molecule has 5 atom stereocenters. The quantitative estimate of drug-likeness (QED) is 0.506. The largest absolute Gasteiger partial charge is 0.443 e. The van der Waals surface area contributed by atoms with Crippen LogP contribution in [0.15, 0.2) is 15.8 Å². The molecule has 15 heteroatoms. The molecule has 1 unspecified atom stereocenters. The van der Waals surface area contributed by atoms with E-state index in [0.29, 0.717) is 4.57 Å². The van der Waals surface area contributed by atoms with Gasteiger partial charge in [0.1, 0.15) is 29.1 Å². The molecular weight excluding hydrogens is 548 g/mol. The summed E-state index contributed by atoms with van der Waals surface area (Å²) in [6, 6.07) is 0. The number of nitrogens with zero attached hydrogens (tertiary/aromatic N) is 3. The molecule has 3 fully saturated rings. The van der Waals surface area contributed by atoms with E-state index >= 15 is 0 Å². The van der Waals surface area contributed by atoms with Gasteiger partial charge in [0, 0.05) is 18.8 Å². The van der Waals surface area contributed by atoms with Gasteiger partial charge in [0.05, 0.1) is 6.61 Å². The minimum Gasteiger partial charge on any atom is -0.443 e. The lowest BCUT2D eigenvalue weighted by Crippen LogP contribution is -2.70. The zero-order valence-electron chi connectivity index (χ0n) is 24.2. The Labute approximate surface area is 229 Å². The fraction of sp³-hybridized carbons (Fsp3) is 0.792. The molecule has 4 heterocycles. The first-order chi connectivity index (χ1) is 17.5. The molecule has 220 valence electrons. The van der Waals surface area contributed by atoms with Gasteiger partial charge >= 0.3 is 11.8 Å². The van der Waals surface area contributed by atoms with E-state index in [1.807, 2.05) is 33.9 Å². The fourth-order valence-electron chi connectivity index (χ4n) is 5.37. The fourth-order valence-corrected chi connectivity index (χ4v) is 8.54. The van der Waals surface area contributed by atoms with Crippen LogP contribution in [0.25, 0.3) is 0 Å². The lowest BCUT2D eigenvalue weighted by molar-refractivity contribution is -0.0987. The van der Waals surface area contributed by atoms with Crippen molar-refractivity contribution in [3.8, 4) is 0 Å². The van der Waals surface area contributed by atoms with Gasteiger partial charge in [0.25, 0.3) is 5.56 Å². The second-order valence-electron chi connectivity index (χ2n) is 13.2. The molecule has 0 aromatic carbocycles. The van der Waals surface area contributed by atoms with Gasteiger partial charge in [-0.25, -0.2) is 18.0 Å². The Kier molecular flexibility index (Phi) is 6.79. The van der Waals surface area contributed by atoms with Crippen LogP contribution in [-0.4, -0.2) is 84.7 Å². The summed E-state index contributed by atoms with van der Waals surface area (Å²) in [5.74, 6) is -0.494. The Morgan fingerprint density at radius 2 is 1.77 bits per heavy atom. The van der Waals surface area contributed by atoms with Crippen LogP contribution in [0.4, 0.5) is 4.79 Å². The van der Waals surface area contributed by atoms with Gasteiger partial charge in [-0.3, -0.25) is 9.36 Å². The number of sulfonamides is 1. The van der Waals surface area contributed by atoms with Gasteiger partial charge in [-0.15, -0.1) is 0 Å². The van der Waals surface area contributed by atoms with Crippen molar-refractivity contribution >= 4 is 24.4 Å². The van der Waals surface area contributed by atoms with Crippen molar-refractivity contribution in [1.82, 2.24) is 13.4 Å². The Hall–Kier alpha value is -1.88. The number of rotatable bonds is 3. The van der Waals surface area contributed by atoms with Crippen LogP contribution in [-0.2, 0) is 28.7 Å². The highest BCUT2D eigenvalue weighted by Gasteiger charge is 2.80. The number of carbonyl (C=O) groups is 1. The topological polar surface area (TPSA) is 161 Å². The van der Waals surface area contributed by atoms with E-state index in [0.717, 1.165) is 8.87 Å². The van der Waals surface area contributed by atoms with Crippen LogP contribution < -0.4 is 17.0 Å². The summed E-state index contributed by atoms with van der Waals surface area (Å²) in [5, 5.41) is -0.310. The van der Waals surface area contributed by atoms with E-state index in [-0.39, 0.29) is 17.2 Å². The molecule has 0 aliphatic carbocycles. The summed E-state index contributed by atoms with van der Waals surface area (Å²) in [4.78, 5) is 39.7. The standard InChI is InChI=1S/C24H40N4O9SSi/c1-14-11-27(19(30)28(17(14)29)20(31)36-21(2,3)4)18-16(37-39(9,10)22(5,6)7)24-15(35-18)12-34-23(24,25)13-38(32,33)26(24)8/h11,15-16,18H,12-13,25H2,1-10H3/t15-,16+,18-,23?,24-/m1/s1. The Morgan fingerprint density at radius 3 is 2.31 bits per heavy atom. The van der Waals surface area contributed by atoms with E-state index in [4.69, 9.17) is 24.4 Å². The van der Waals surface area contributed by atoms with Crippen molar-refractivity contribution in [3.05, 3.63) is 32.6 Å². The second-order valence-corrected chi connectivity index (χ2v) is 19.9. The number of nitrogens with two attached hydrogens (primary N) is 1. The molecule has 0 amide bonds. The summed E-state index contributed by atoms with van der Waals surface area (Å²) < 4.78 is 53.5. The van der Waals surface area contributed by atoms with Gasteiger partial charge < -0.3 is 24.4 Å². The van der Waals surface area contributed by atoms with Crippen LogP contribution in [0.3, 0.4) is 0 Å². The van der Waals surface area contributed by atoms with Crippen LogP contribution in [0.1, 0.15) is 53.3 Å². The molecule has 3 saturated heterocycles. The Morgan fingerprint density at radius 1 is 1.18 bits per heavy atom. The van der Waals surface area contributed by atoms with Gasteiger partial charge in [0.15, 0.2) is 20.3 Å². The minimum absolute atomic E-state index is 0.0380. The maximum Gasteiger partial charge on any atom is 0.425 e. The van der Waals surface area contributed by atoms with Crippen molar-refractivity contribution in [2.45, 2.75) is 102 Å². The Bertz CT molecular complexity index is 1420. The highest BCUT2D eigenvalue weighted by molar-refractivity contribution is 7.89. The van der Waals surface area contributed by atoms with E-state index in [1.165, 1.54) is 20.2 Å². The minimum atomic E-state index is -3.88. The number of aryl methyl sites for hydroxylation is 1. The van der Waals surface area contributed by atoms with Crippen molar-refractivity contribution in [1.29, 1.82) is 0 Å². The zero-order valence-corrected chi connectivity index (χ0v) is 26.0. The van der Waals surface area contributed by atoms with E-state index in [2.05, 4.69) is 0 Å². The van der Waals surface area contributed by atoms with E-state index in [1.54, 1.807) is 20.8 Å². The number of likely N-dealkylation sites (N-methyl/N-ethyl adjacent to an activating group) is 1. The third-order valence-electron chi connectivity index (χ3n) is 8.36. The van der Waals surface area contributed by atoms with Crippen molar-refractivity contribution in [2.24, 2.45) is 5.73 Å². The van der Waals surface area contributed by atoms with Crippen molar-refractivity contribution < 1.29 is 31.8 Å². The molecule has 1 aromatic rings. The average Bonchev–Trinajstić information content (AvgIpc) is 3.25. The molecule has 1 spiro atoms. The first-order valence-electron chi connectivity index (χ1n) is 12.8. The zero-order chi connectivity index (χ0) is 29.7. The predicted octanol–water partition coefficient (Wildman–Crippen LogP) is 1.09. The summed E-state index contributed by atoms with van der Waals surface area (Å²) in [6.07, 6.45) is -3.07. The van der Waals surface area contributed by atoms with E-state index in [9.17, 15) is 22.8 Å². The highest BCUT2D eigenvalue weighted by Crippen LogP contribution is 2.57. The number of carbonyl (C=O) groups excluding carboxylic acids is 1. The maximum absolute atomic E-state index is 13.8. The number of hydrogen-bond acceptors (Lipinski definition) is 10. The summed E-state index contributed by atoms with van der Waals surface area (Å²) in [7, 11) is -5.14. The maximum atomic E-state index is 13.8. The van der Waals surface area contributed by atoms with Crippen LogP contribution in [0.2, 0.25) is 18.1 Å². The van der Waals surface area contributed by atoms with Gasteiger partial charge in [-0.2, -0.15) is 8.87 Å². The molecule has 0 radical (unpaired) electrons. The molecule has 0 saturated carbocycles. The van der Waals surface area contributed by atoms with Gasteiger partial charge in [-0.05, 0) is 45.8 Å². The molecule has 3 aliphatic rings. The Balaban J connectivity index is 1.97. The summed E-state index contributed by atoms with van der Waals surface area (Å²) in [5.41, 5.74) is 0.775. The SMILES string of the molecule is Cc1cn([C@@H]2O[C@@H]3COC4(N)CS(=O)(=O)N(C)[C@@]34[C@H]2O[Si](C)(C)C(C)(C)C)c(=O)n(C(=O)OC(C)(C)C)c1=O. The third-order valence-corrected chi connectivity index (χ3v) is 14.7. The lowest BCUT2D eigenvalue weighted by Gasteiger charge is -2.47. The van der Waals surface area contributed by atoms with E-state index < -0.39 is 76.7 Å². The van der Waals surface area contributed by atoms with Gasteiger partial charge in [0.2, 0.25) is 10.0 Å². The predicted molar refractivity (Wildman–Crippen MR) is 144 cm³/mol. The summed E-state index contributed by atoms with van der Waals surface area (Å²) in [6.45, 7) is 16.3. The number of aromatic nitrogens is 2. The molecule has 13 nitrogen and oxygen atoms in total. The first kappa shape index (κ1) is 30.1. The molecule has 2 N–H and O–H groups in total. The monoisotopic (exact) mass is 588 g/mol. The normalized spacial score (nSPS) is 32.7. The van der Waals surface area contributed by atoms with Crippen molar-refractivity contribution in [2.75, 3.05) is 19.4 Å². The average molecular weight is 589 g/mol. The van der Waals surface area contributed by atoms with Crippen LogP contribution >= 0.6 is 0 Å². The van der Waals surface area contributed by atoms with Crippen LogP contribution in [0, 0.1) is 6.92 Å². The molecule has 3 aliphatic heterocycles. The van der Waals surface area contributed by atoms with Crippen LogP contribution in [0.5, 0.6) is 0 Å².